The number of ether oxygens (including phenoxy) is 1. The van der Waals surface area contributed by atoms with Gasteiger partial charge in [0, 0.05) is 12.1 Å². The molecule has 0 saturated carbocycles. The number of carbonyl (C=O) groups is 2. The normalized spacial score (nSPS) is 13.6. The summed E-state index contributed by atoms with van der Waals surface area (Å²) in [5, 5.41) is 2.77. The summed E-state index contributed by atoms with van der Waals surface area (Å²) >= 11 is 0. The zero-order chi connectivity index (χ0) is 17.2. The molecule has 1 rings (SSSR count). The van der Waals surface area contributed by atoms with Crippen LogP contribution >= 0.6 is 0 Å². The van der Waals surface area contributed by atoms with E-state index in [0.717, 1.165) is 12.2 Å². The van der Waals surface area contributed by atoms with Crippen LogP contribution in [-0.2, 0) is 9.59 Å². The van der Waals surface area contributed by atoms with E-state index in [0.29, 0.717) is 18.5 Å². The Morgan fingerprint density at radius 2 is 1.87 bits per heavy atom. The number of Topliss-reactive ketones (excluding diaryl/α,β-unsaturated/α-hetero) is 1. The molecule has 5 nitrogen and oxygen atoms in total. The monoisotopic (exact) mass is 318 g/mol. The summed E-state index contributed by atoms with van der Waals surface area (Å²) in [6, 6.07) is 6.68. The Morgan fingerprint density at radius 3 is 2.39 bits per heavy atom. The van der Waals surface area contributed by atoms with Gasteiger partial charge in [0.15, 0.2) is 0 Å². The second-order valence-electron chi connectivity index (χ2n) is 5.43. The second-order valence-corrected chi connectivity index (χ2v) is 5.43. The van der Waals surface area contributed by atoms with E-state index in [1.165, 1.54) is 6.08 Å². The van der Waals surface area contributed by atoms with E-state index in [1.54, 1.807) is 37.5 Å². The van der Waals surface area contributed by atoms with Crippen LogP contribution in [0.1, 0.15) is 33.1 Å². The van der Waals surface area contributed by atoms with Gasteiger partial charge in [-0.25, -0.2) is 0 Å². The molecule has 1 aromatic carbocycles. The third-order valence-electron chi connectivity index (χ3n) is 3.72. The predicted molar refractivity (Wildman–Crippen MR) is 92.4 cm³/mol. The SMILES string of the molecule is CC[C@@H](/C=C/C(=O)Nc1ccc(OC)cc1)CC(=O)[C@@H](N)CC. The van der Waals surface area contributed by atoms with Gasteiger partial charge in [-0.05, 0) is 49.1 Å². The molecule has 0 bridgehead atoms. The molecule has 0 aromatic heterocycles. The molecule has 1 aromatic rings. The van der Waals surface area contributed by atoms with Gasteiger partial charge in [-0.15, -0.1) is 0 Å². The average Bonchev–Trinajstić information content (AvgIpc) is 2.58. The molecule has 2 atom stereocenters. The van der Waals surface area contributed by atoms with Crippen LogP contribution in [0.2, 0.25) is 0 Å². The molecule has 3 N–H and O–H groups in total. The van der Waals surface area contributed by atoms with Crippen LogP contribution in [0.15, 0.2) is 36.4 Å². The molecule has 5 heteroatoms. The first-order valence-electron chi connectivity index (χ1n) is 7.91. The average molecular weight is 318 g/mol. The quantitative estimate of drug-likeness (QED) is 0.686. The van der Waals surface area contributed by atoms with Crippen LogP contribution in [0.25, 0.3) is 0 Å². The lowest BCUT2D eigenvalue weighted by atomic mass is 9.95. The Kier molecular flexibility index (Phi) is 8.05. The lowest BCUT2D eigenvalue weighted by molar-refractivity contribution is -0.121. The Balaban J connectivity index is 2.55. The van der Waals surface area contributed by atoms with Gasteiger partial charge in [0.25, 0.3) is 0 Å². The van der Waals surface area contributed by atoms with E-state index in [9.17, 15) is 9.59 Å². The standard InChI is InChI=1S/C18H26N2O3/c1-4-13(12-17(21)16(19)5-2)6-11-18(22)20-14-7-9-15(23-3)10-8-14/h6-11,13,16H,4-5,12,19H2,1-3H3,(H,20,22)/b11-6+/t13-,16-/m0/s1. The highest BCUT2D eigenvalue weighted by atomic mass is 16.5. The Hall–Kier alpha value is -2.14. The highest BCUT2D eigenvalue weighted by Crippen LogP contribution is 2.16. The fraction of sp³-hybridized carbons (Fsp3) is 0.444. The number of allylic oxidation sites excluding steroid dienone is 1. The van der Waals surface area contributed by atoms with Crippen LogP contribution in [0, 0.1) is 5.92 Å². The van der Waals surface area contributed by atoms with E-state index in [-0.39, 0.29) is 17.6 Å². The minimum Gasteiger partial charge on any atom is -0.497 e. The fourth-order valence-electron chi connectivity index (χ4n) is 2.07. The second kappa shape index (κ2) is 9.79. The van der Waals surface area contributed by atoms with Crippen molar-refractivity contribution in [3.05, 3.63) is 36.4 Å². The van der Waals surface area contributed by atoms with Crippen LogP contribution in [-0.4, -0.2) is 24.8 Å². The lowest BCUT2D eigenvalue weighted by Gasteiger charge is -2.12. The molecule has 0 unspecified atom stereocenters. The smallest absolute Gasteiger partial charge is 0.248 e. The Morgan fingerprint density at radius 1 is 1.22 bits per heavy atom. The number of anilines is 1. The Labute approximate surface area is 137 Å². The van der Waals surface area contributed by atoms with Crippen molar-refractivity contribution in [3.63, 3.8) is 0 Å². The van der Waals surface area contributed by atoms with Crippen molar-refractivity contribution in [1.82, 2.24) is 0 Å². The molecule has 0 fully saturated rings. The van der Waals surface area contributed by atoms with E-state index in [2.05, 4.69) is 5.32 Å². The molecule has 0 spiro atoms. The maximum absolute atomic E-state index is 11.9. The molecule has 126 valence electrons. The first-order chi connectivity index (χ1) is 11.0. The maximum Gasteiger partial charge on any atom is 0.248 e. The third-order valence-corrected chi connectivity index (χ3v) is 3.72. The predicted octanol–water partition coefficient (Wildman–Crippen LogP) is 2.91. The van der Waals surface area contributed by atoms with Crippen LogP contribution in [0.4, 0.5) is 5.69 Å². The molecule has 1 amide bonds. The molecular weight excluding hydrogens is 292 g/mol. The van der Waals surface area contributed by atoms with Crippen molar-refractivity contribution < 1.29 is 14.3 Å². The van der Waals surface area contributed by atoms with E-state index >= 15 is 0 Å². The minimum absolute atomic E-state index is 0.0294. The number of carbonyl (C=O) groups excluding carboxylic acids is 2. The summed E-state index contributed by atoms with van der Waals surface area (Å²) in [6.07, 6.45) is 5.05. The summed E-state index contributed by atoms with van der Waals surface area (Å²) in [5.41, 5.74) is 6.43. The molecule has 0 radical (unpaired) electrons. The number of hydrogen-bond donors (Lipinski definition) is 2. The number of amides is 1. The molecule has 0 saturated heterocycles. The summed E-state index contributed by atoms with van der Waals surface area (Å²) < 4.78 is 5.06. The van der Waals surface area contributed by atoms with E-state index in [4.69, 9.17) is 10.5 Å². The van der Waals surface area contributed by atoms with Gasteiger partial charge in [-0.3, -0.25) is 9.59 Å². The summed E-state index contributed by atoms with van der Waals surface area (Å²) in [6.45, 7) is 3.88. The zero-order valence-corrected chi connectivity index (χ0v) is 14.0. The van der Waals surface area contributed by atoms with Gasteiger partial charge in [0.1, 0.15) is 11.5 Å². The topological polar surface area (TPSA) is 81.4 Å². The van der Waals surface area contributed by atoms with Gasteiger partial charge >= 0.3 is 0 Å². The molecule has 0 aliphatic carbocycles. The summed E-state index contributed by atoms with van der Waals surface area (Å²) in [4.78, 5) is 23.8. The maximum atomic E-state index is 11.9. The highest BCUT2D eigenvalue weighted by molar-refractivity contribution is 5.99. The minimum atomic E-state index is -0.412. The molecular formula is C18H26N2O3. The third kappa shape index (κ3) is 6.65. The molecule has 23 heavy (non-hydrogen) atoms. The van der Waals surface area contributed by atoms with Gasteiger partial charge in [-0.1, -0.05) is 19.9 Å². The van der Waals surface area contributed by atoms with E-state index < -0.39 is 6.04 Å². The Bertz CT molecular complexity index is 538. The van der Waals surface area contributed by atoms with Crippen molar-refractivity contribution in [2.75, 3.05) is 12.4 Å². The largest absolute Gasteiger partial charge is 0.497 e. The van der Waals surface area contributed by atoms with Crippen molar-refractivity contribution in [2.45, 2.75) is 39.2 Å². The van der Waals surface area contributed by atoms with Gasteiger partial charge in [-0.2, -0.15) is 0 Å². The van der Waals surface area contributed by atoms with Gasteiger partial charge in [0.05, 0.1) is 13.2 Å². The number of nitrogens with one attached hydrogen (secondary N) is 1. The number of hydrogen-bond acceptors (Lipinski definition) is 4. The van der Waals surface area contributed by atoms with Gasteiger partial charge in [0.2, 0.25) is 5.91 Å². The number of methoxy groups -OCH3 is 1. The summed E-state index contributed by atoms with van der Waals surface area (Å²) in [7, 11) is 1.59. The van der Waals surface area contributed by atoms with Crippen molar-refractivity contribution >= 4 is 17.4 Å². The van der Waals surface area contributed by atoms with Crippen LogP contribution in [0.3, 0.4) is 0 Å². The van der Waals surface area contributed by atoms with Gasteiger partial charge < -0.3 is 15.8 Å². The lowest BCUT2D eigenvalue weighted by Crippen LogP contribution is -2.30. The number of benzene rings is 1. The number of rotatable bonds is 9. The highest BCUT2D eigenvalue weighted by Gasteiger charge is 2.15. The first kappa shape index (κ1) is 18.9. The van der Waals surface area contributed by atoms with Crippen molar-refractivity contribution in [1.29, 1.82) is 0 Å². The number of nitrogens with two attached hydrogens (primary N) is 1. The first-order valence-corrected chi connectivity index (χ1v) is 7.91. The van der Waals surface area contributed by atoms with Crippen molar-refractivity contribution in [3.8, 4) is 5.75 Å². The van der Waals surface area contributed by atoms with Crippen LogP contribution < -0.4 is 15.8 Å². The van der Waals surface area contributed by atoms with Crippen molar-refractivity contribution in [2.24, 2.45) is 11.7 Å². The number of ketones is 1. The zero-order valence-electron chi connectivity index (χ0n) is 14.0. The molecule has 0 aliphatic heterocycles. The molecule has 0 heterocycles. The molecule has 0 aliphatic rings. The fourth-order valence-corrected chi connectivity index (χ4v) is 2.07. The van der Waals surface area contributed by atoms with E-state index in [1.807, 2.05) is 13.8 Å². The van der Waals surface area contributed by atoms with Crippen LogP contribution in [0.5, 0.6) is 5.75 Å². The summed E-state index contributed by atoms with van der Waals surface area (Å²) in [5.74, 6) is 0.581.